The normalized spacial score (nSPS) is 21.9. The van der Waals surface area contributed by atoms with Crippen molar-refractivity contribution < 1.29 is 0 Å². The lowest BCUT2D eigenvalue weighted by Gasteiger charge is -2.31. The van der Waals surface area contributed by atoms with Crippen molar-refractivity contribution in [2.24, 2.45) is 0 Å². The van der Waals surface area contributed by atoms with Gasteiger partial charge in [-0.05, 0) is 36.4 Å². The molecule has 1 N–H and O–H groups in total. The fourth-order valence-corrected chi connectivity index (χ4v) is 4.20. The van der Waals surface area contributed by atoms with Gasteiger partial charge < -0.3 is 5.32 Å². The number of benzene rings is 1. The van der Waals surface area contributed by atoms with Crippen LogP contribution in [0.25, 0.3) is 0 Å². The Morgan fingerprint density at radius 2 is 2.10 bits per heavy atom. The maximum atomic E-state index is 3.71. The van der Waals surface area contributed by atoms with Crippen LogP contribution < -0.4 is 5.32 Å². The largest absolute Gasteiger partial charge is 0.309 e. The Hall–Kier alpha value is -1.16. The molecule has 112 valence electrons. The summed E-state index contributed by atoms with van der Waals surface area (Å²) in [5.74, 6) is 0. The van der Waals surface area contributed by atoms with E-state index in [9.17, 15) is 0 Å². The van der Waals surface area contributed by atoms with Gasteiger partial charge in [0.1, 0.15) is 0 Å². The number of hydrogen-bond donors (Lipinski definition) is 1. The Balaban J connectivity index is 1.78. The number of hydrogen-bond acceptors (Lipinski definition) is 3. The molecule has 2 atom stereocenters. The van der Waals surface area contributed by atoms with Crippen LogP contribution in [0.5, 0.6) is 0 Å². The van der Waals surface area contributed by atoms with Crippen LogP contribution in [0, 0.1) is 0 Å². The van der Waals surface area contributed by atoms with Gasteiger partial charge in [0.05, 0.1) is 0 Å². The van der Waals surface area contributed by atoms with E-state index in [1.807, 2.05) is 11.3 Å². The predicted octanol–water partition coefficient (Wildman–Crippen LogP) is 4.24. The summed E-state index contributed by atoms with van der Waals surface area (Å²) in [7, 11) is 0. The zero-order valence-corrected chi connectivity index (χ0v) is 13.5. The standard InChI is InChI=1S/C18H24N2S/c1-2-17(18-10-6-13-21-18)20-12-7-11-19-16(14-20)15-8-4-3-5-9-15/h3-6,8-10,13,16-17,19H,2,7,11-12,14H2,1H3. The molecule has 2 heterocycles. The van der Waals surface area contributed by atoms with Crippen molar-refractivity contribution in [3.63, 3.8) is 0 Å². The van der Waals surface area contributed by atoms with Crippen LogP contribution in [0.4, 0.5) is 0 Å². The highest BCUT2D eigenvalue weighted by Crippen LogP contribution is 2.30. The van der Waals surface area contributed by atoms with Gasteiger partial charge in [0.25, 0.3) is 0 Å². The number of nitrogens with one attached hydrogen (secondary N) is 1. The molecule has 0 bridgehead atoms. The summed E-state index contributed by atoms with van der Waals surface area (Å²) in [6, 6.07) is 16.3. The summed E-state index contributed by atoms with van der Waals surface area (Å²) >= 11 is 1.89. The third-order valence-electron chi connectivity index (χ3n) is 4.33. The molecular formula is C18H24N2S. The van der Waals surface area contributed by atoms with Crippen LogP contribution in [0.3, 0.4) is 0 Å². The minimum Gasteiger partial charge on any atom is -0.309 e. The molecule has 1 saturated heterocycles. The fraction of sp³-hybridized carbons (Fsp3) is 0.444. The smallest absolute Gasteiger partial charge is 0.0449 e. The zero-order chi connectivity index (χ0) is 14.5. The first-order valence-electron chi connectivity index (χ1n) is 7.94. The van der Waals surface area contributed by atoms with Gasteiger partial charge in [-0.3, -0.25) is 4.90 Å². The Bertz CT molecular complexity index is 523. The second kappa shape index (κ2) is 7.21. The minimum atomic E-state index is 0.447. The summed E-state index contributed by atoms with van der Waals surface area (Å²) in [4.78, 5) is 4.18. The second-order valence-electron chi connectivity index (χ2n) is 5.71. The van der Waals surface area contributed by atoms with E-state index in [4.69, 9.17) is 0 Å². The maximum absolute atomic E-state index is 3.71. The number of rotatable bonds is 4. The lowest BCUT2D eigenvalue weighted by atomic mass is 10.0. The molecule has 21 heavy (non-hydrogen) atoms. The third kappa shape index (κ3) is 3.54. The van der Waals surface area contributed by atoms with Crippen LogP contribution in [-0.2, 0) is 0 Å². The van der Waals surface area contributed by atoms with Gasteiger partial charge in [0, 0.05) is 30.1 Å². The van der Waals surface area contributed by atoms with Gasteiger partial charge in [-0.25, -0.2) is 0 Å². The first kappa shape index (κ1) is 14.8. The van der Waals surface area contributed by atoms with E-state index in [0.717, 1.165) is 13.1 Å². The average molecular weight is 300 g/mol. The molecule has 1 aliphatic rings. The van der Waals surface area contributed by atoms with Crippen LogP contribution in [0.2, 0.25) is 0 Å². The van der Waals surface area contributed by atoms with Crippen LogP contribution >= 0.6 is 11.3 Å². The summed E-state index contributed by atoms with van der Waals surface area (Å²) in [6.07, 6.45) is 2.41. The molecule has 2 aromatic rings. The lowest BCUT2D eigenvalue weighted by Crippen LogP contribution is -2.34. The molecule has 0 radical (unpaired) electrons. The molecule has 3 rings (SSSR count). The summed E-state index contributed by atoms with van der Waals surface area (Å²) < 4.78 is 0. The highest BCUT2D eigenvalue weighted by atomic mass is 32.1. The second-order valence-corrected chi connectivity index (χ2v) is 6.68. The molecule has 0 amide bonds. The van der Waals surface area contributed by atoms with Crippen molar-refractivity contribution in [1.29, 1.82) is 0 Å². The average Bonchev–Trinajstić information content (AvgIpc) is 2.94. The summed E-state index contributed by atoms with van der Waals surface area (Å²) in [6.45, 7) is 5.70. The van der Waals surface area contributed by atoms with Gasteiger partial charge in [-0.1, -0.05) is 43.3 Å². The SMILES string of the molecule is CCC(c1cccs1)N1CCCNC(c2ccccc2)C1. The van der Waals surface area contributed by atoms with Crippen molar-refractivity contribution in [3.05, 3.63) is 58.3 Å². The quantitative estimate of drug-likeness (QED) is 0.908. The first-order valence-corrected chi connectivity index (χ1v) is 8.82. The minimum absolute atomic E-state index is 0.447. The Kier molecular flexibility index (Phi) is 5.07. The van der Waals surface area contributed by atoms with E-state index < -0.39 is 0 Å². The number of nitrogens with zero attached hydrogens (tertiary/aromatic N) is 1. The Morgan fingerprint density at radius 1 is 1.24 bits per heavy atom. The zero-order valence-electron chi connectivity index (χ0n) is 12.7. The van der Waals surface area contributed by atoms with Gasteiger partial charge in [-0.2, -0.15) is 0 Å². The predicted molar refractivity (Wildman–Crippen MR) is 90.7 cm³/mol. The van der Waals surface area contributed by atoms with Crippen LogP contribution in [-0.4, -0.2) is 24.5 Å². The van der Waals surface area contributed by atoms with E-state index in [-0.39, 0.29) is 0 Å². The molecule has 2 nitrogen and oxygen atoms in total. The highest BCUT2D eigenvalue weighted by Gasteiger charge is 2.25. The fourth-order valence-electron chi connectivity index (χ4n) is 3.26. The van der Waals surface area contributed by atoms with Crippen molar-refractivity contribution in [2.75, 3.05) is 19.6 Å². The molecular weight excluding hydrogens is 276 g/mol. The van der Waals surface area contributed by atoms with Crippen molar-refractivity contribution in [1.82, 2.24) is 10.2 Å². The van der Waals surface area contributed by atoms with Gasteiger partial charge in [0.15, 0.2) is 0 Å². The van der Waals surface area contributed by atoms with Crippen molar-refractivity contribution >= 4 is 11.3 Å². The van der Waals surface area contributed by atoms with Crippen LogP contribution in [0.15, 0.2) is 47.8 Å². The number of thiophene rings is 1. The van der Waals surface area contributed by atoms with E-state index in [1.165, 1.54) is 29.8 Å². The van der Waals surface area contributed by atoms with E-state index in [0.29, 0.717) is 12.1 Å². The molecule has 1 fully saturated rings. The first-order chi connectivity index (χ1) is 10.4. The topological polar surface area (TPSA) is 15.3 Å². The molecule has 0 saturated carbocycles. The molecule has 3 heteroatoms. The molecule has 0 spiro atoms. The highest BCUT2D eigenvalue weighted by molar-refractivity contribution is 7.10. The maximum Gasteiger partial charge on any atom is 0.0449 e. The summed E-state index contributed by atoms with van der Waals surface area (Å²) in [5, 5.41) is 5.91. The molecule has 1 aromatic carbocycles. The Morgan fingerprint density at radius 3 is 2.81 bits per heavy atom. The molecule has 2 unspecified atom stereocenters. The van der Waals surface area contributed by atoms with E-state index >= 15 is 0 Å². The molecule has 1 aliphatic heterocycles. The Labute approximate surface area is 131 Å². The molecule has 1 aromatic heterocycles. The van der Waals surface area contributed by atoms with Gasteiger partial charge in [0.2, 0.25) is 0 Å². The van der Waals surface area contributed by atoms with Crippen molar-refractivity contribution in [2.45, 2.75) is 31.8 Å². The van der Waals surface area contributed by atoms with Crippen molar-refractivity contribution in [3.8, 4) is 0 Å². The van der Waals surface area contributed by atoms with Crippen LogP contribution in [0.1, 0.15) is 42.3 Å². The van der Waals surface area contributed by atoms with E-state index in [1.54, 1.807) is 0 Å². The summed E-state index contributed by atoms with van der Waals surface area (Å²) in [5.41, 5.74) is 1.41. The van der Waals surface area contributed by atoms with Gasteiger partial charge >= 0.3 is 0 Å². The lowest BCUT2D eigenvalue weighted by molar-refractivity contribution is 0.191. The van der Waals surface area contributed by atoms with Gasteiger partial charge in [-0.15, -0.1) is 11.3 Å². The van der Waals surface area contributed by atoms with E-state index in [2.05, 4.69) is 65.0 Å². The molecule has 0 aliphatic carbocycles. The third-order valence-corrected chi connectivity index (χ3v) is 5.30. The monoisotopic (exact) mass is 300 g/mol.